The van der Waals surface area contributed by atoms with E-state index in [1.165, 1.54) is 18.3 Å². The maximum atomic E-state index is 12.9. The molecule has 0 saturated carbocycles. The number of ether oxygens (including phenoxy) is 1. The Balaban J connectivity index is 1.70. The van der Waals surface area contributed by atoms with Gasteiger partial charge < -0.3 is 19.9 Å². The van der Waals surface area contributed by atoms with E-state index in [0.717, 1.165) is 6.07 Å². The van der Waals surface area contributed by atoms with Gasteiger partial charge >= 0.3 is 18.2 Å². The SMILES string of the molecule is CCOC(=O)CNC(=O)N1CCCN(c2nccc3nc(C(F)(F)F)ccc23)CC1. The normalized spacial score (nSPS) is 15.1. The smallest absolute Gasteiger partial charge is 0.433 e. The van der Waals surface area contributed by atoms with Crippen molar-refractivity contribution in [1.29, 1.82) is 0 Å². The van der Waals surface area contributed by atoms with Crippen molar-refractivity contribution in [2.75, 3.05) is 44.2 Å². The summed E-state index contributed by atoms with van der Waals surface area (Å²) in [7, 11) is 0. The Bertz CT molecular complexity index is 922. The summed E-state index contributed by atoms with van der Waals surface area (Å²) < 4.78 is 43.6. The molecule has 1 aliphatic rings. The zero-order valence-electron chi connectivity index (χ0n) is 16.4. The van der Waals surface area contributed by atoms with E-state index < -0.39 is 17.8 Å². The fourth-order valence-electron chi connectivity index (χ4n) is 3.25. The number of nitrogens with zero attached hydrogens (tertiary/aromatic N) is 4. The summed E-state index contributed by atoms with van der Waals surface area (Å²) in [6, 6.07) is 3.40. The van der Waals surface area contributed by atoms with E-state index in [4.69, 9.17) is 4.74 Å². The molecular weight excluding hydrogens is 403 g/mol. The van der Waals surface area contributed by atoms with Crippen molar-refractivity contribution in [3.05, 3.63) is 30.1 Å². The Morgan fingerprint density at radius 3 is 2.70 bits per heavy atom. The van der Waals surface area contributed by atoms with Crippen LogP contribution in [0.25, 0.3) is 10.9 Å². The molecule has 0 aliphatic carbocycles. The molecule has 162 valence electrons. The highest BCUT2D eigenvalue weighted by atomic mass is 19.4. The number of hydrogen-bond acceptors (Lipinski definition) is 6. The van der Waals surface area contributed by atoms with Crippen LogP contribution in [-0.4, -0.2) is 66.2 Å². The van der Waals surface area contributed by atoms with Crippen LogP contribution in [0.4, 0.5) is 23.8 Å². The summed E-state index contributed by atoms with van der Waals surface area (Å²) in [5, 5.41) is 3.05. The number of carbonyl (C=O) groups excluding carboxylic acids is 2. The molecule has 0 unspecified atom stereocenters. The first-order chi connectivity index (χ1) is 14.3. The van der Waals surface area contributed by atoms with Crippen LogP contribution in [0.3, 0.4) is 0 Å². The number of urea groups is 1. The average molecular weight is 425 g/mol. The minimum absolute atomic E-state index is 0.203. The Kier molecular flexibility index (Phi) is 6.58. The first-order valence-corrected chi connectivity index (χ1v) is 9.56. The first-order valence-electron chi connectivity index (χ1n) is 9.56. The number of aromatic nitrogens is 2. The van der Waals surface area contributed by atoms with Gasteiger partial charge in [0.2, 0.25) is 0 Å². The number of fused-ring (bicyclic) bond motifs is 1. The largest absolute Gasteiger partial charge is 0.465 e. The molecular formula is C19H22F3N5O3. The molecule has 1 aliphatic heterocycles. The molecule has 11 heteroatoms. The number of carbonyl (C=O) groups is 2. The van der Waals surface area contributed by atoms with E-state index in [1.54, 1.807) is 11.8 Å². The summed E-state index contributed by atoms with van der Waals surface area (Å²) >= 11 is 0. The van der Waals surface area contributed by atoms with Crippen LogP contribution in [-0.2, 0) is 15.7 Å². The van der Waals surface area contributed by atoms with Crippen molar-refractivity contribution in [3.8, 4) is 0 Å². The van der Waals surface area contributed by atoms with Gasteiger partial charge in [0, 0.05) is 37.8 Å². The standard InChI is InChI=1S/C19H22F3N5O3/c1-2-30-16(28)12-24-18(29)27-9-3-8-26(10-11-27)17-13-4-5-15(19(20,21)22)25-14(13)6-7-23-17/h4-7H,2-3,8-12H2,1H3,(H,24,29). The van der Waals surface area contributed by atoms with Crippen molar-refractivity contribution in [3.63, 3.8) is 0 Å². The summed E-state index contributed by atoms with van der Waals surface area (Å²) in [6.45, 7) is 3.60. The van der Waals surface area contributed by atoms with Gasteiger partial charge in [0.1, 0.15) is 18.1 Å². The lowest BCUT2D eigenvalue weighted by Crippen LogP contribution is -2.44. The molecule has 0 bridgehead atoms. The summed E-state index contributed by atoms with van der Waals surface area (Å²) in [6.07, 6.45) is -2.45. The Hall–Kier alpha value is -3.11. The highest BCUT2D eigenvalue weighted by Gasteiger charge is 2.32. The van der Waals surface area contributed by atoms with E-state index in [2.05, 4.69) is 15.3 Å². The van der Waals surface area contributed by atoms with Gasteiger partial charge in [0.15, 0.2) is 0 Å². The Labute approximate surface area is 171 Å². The number of anilines is 1. The van der Waals surface area contributed by atoms with Gasteiger partial charge in [-0.25, -0.2) is 14.8 Å². The lowest BCUT2D eigenvalue weighted by molar-refractivity contribution is -0.142. The molecule has 1 saturated heterocycles. The van der Waals surface area contributed by atoms with Crippen molar-refractivity contribution >= 4 is 28.7 Å². The highest BCUT2D eigenvalue weighted by Crippen LogP contribution is 2.31. The molecule has 1 fully saturated rings. The van der Waals surface area contributed by atoms with E-state index in [-0.39, 0.29) is 24.7 Å². The fraction of sp³-hybridized carbons (Fsp3) is 0.474. The van der Waals surface area contributed by atoms with E-state index in [9.17, 15) is 22.8 Å². The van der Waals surface area contributed by atoms with Crippen molar-refractivity contribution < 1.29 is 27.5 Å². The van der Waals surface area contributed by atoms with Gasteiger partial charge in [-0.05, 0) is 31.5 Å². The lowest BCUT2D eigenvalue weighted by Gasteiger charge is -2.24. The second-order valence-corrected chi connectivity index (χ2v) is 6.69. The third-order valence-electron chi connectivity index (χ3n) is 4.66. The van der Waals surface area contributed by atoms with Gasteiger partial charge in [-0.2, -0.15) is 13.2 Å². The van der Waals surface area contributed by atoms with Crippen LogP contribution in [0, 0.1) is 0 Å². The highest BCUT2D eigenvalue weighted by molar-refractivity contribution is 5.89. The molecule has 30 heavy (non-hydrogen) atoms. The van der Waals surface area contributed by atoms with E-state index >= 15 is 0 Å². The van der Waals surface area contributed by atoms with Crippen molar-refractivity contribution in [2.24, 2.45) is 0 Å². The summed E-state index contributed by atoms with van der Waals surface area (Å²) in [4.78, 5) is 35.3. The molecule has 3 rings (SSSR count). The number of amides is 2. The van der Waals surface area contributed by atoms with Crippen LogP contribution >= 0.6 is 0 Å². The summed E-state index contributed by atoms with van der Waals surface area (Å²) in [5.74, 6) is 0.0236. The van der Waals surface area contributed by atoms with E-state index in [0.29, 0.717) is 43.8 Å². The third-order valence-corrected chi connectivity index (χ3v) is 4.66. The maximum absolute atomic E-state index is 12.9. The molecule has 2 aromatic heterocycles. The number of hydrogen-bond donors (Lipinski definition) is 1. The van der Waals surface area contributed by atoms with Crippen molar-refractivity contribution in [2.45, 2.75) is 19.5 Å². The quantitative estimate of drug-likeness (QED) is 0.758. The van der Waals surface area contributed by atoms with Gasteiger partial charge in [0.25, 0.3) is 0 Å². The maximum Gasteiger partial charge on any atom is 0.433 e. The minimum Gasteiger partial charge on any atom is -0.465 e. The molecule has 0 atom stereocenters. The Morgan fingerprint density at radius 2 is 1.97 bits per heavy atom. The van der Waals surface area contributed by atoms with Crippen LogP contribution in [0.2, 0.25) is 0 Å². The van der Waals surface area contributed by atoms with Crippen LogP contribution in [0.5, 0.6) is 0 Å². The van der Waals surface area contributed by atoms with Crippen LogP contribution in [0.15, 0.2) is 24.4 Å². The number of pyridine rings is 2. The molecule has 2 amide bonds. The predicted octanol–water partition coefficient (Wildman–Crippen LogP) is 2.43. The number of rotatable bonds is 4. The zero-order valence-corrected chi connectivity index (χ0v) is 16.4. The van der Waals surface area contributed by atoms with Gasteiger partial charge in [-0.15, -0.1) is 0 Å². The monoisotopic (exact) mass is 425 g/mol. The number of nitrogens with one attached hydrogen (secondary N) is 1. The van der Waals surface area contributed by atoms with Crippen molar-refractivity contribution in [1.82, 2.24) is 20.2 Å². The average Bonchev–Trinajstić information content (AvgIpc) is 2.97. The second-order valence-electron chi connectivity index (χ2n) is 6.69. The Morgan fingerprint density at radius 1 is 1.17 bits per heavy atom. The van der Waals surface area contributed by atoms with E-state index in [1.807, 2.05) is 4.90 Å². The number of alkyl halides is 3. The van der Waals surface area contributed by atoms with Crippen LogP contribution in [0.1, 0.15) is 19.0 Å². The third kappa shape index (κ3) is 5.08. The minimum atomic E-state index is -4.52. The summed E-state index contributed by atoms with van der Waals surface area (Å²) in [5.41, 5.74) is -0.740. The molecule has 0 aromatic carbocycles. The molecule has 3 heterocycles. The number of esters is 1. The first kappa shape index (κ1) is 21.6. The van der Waals surface area contributed by atoms with Gasteiger partial charge in [0.05, 0.1) is 12.1 Å². The molecule has 8 nitrogen and oxygen atoms in total. The lowest BCUT2D eigenvalue weighted by atomic mass is 10.2. The van der Waals surface area contributed by atoms with Crippen LogP contribution < -0.4 is 10.2 Å². The number of halogens is 3. The molecule has 0 spiro atoms. The van der Waals surface area contributed by atoms with Gasteiger partial charge in [-0.3, -0.25) is 4.79 Å². The predicted molar refractivity (Wildman–Crippen MR) is 103 cm³/mol. The fourth-order valence-corrected chi connectivity index (χ4v) is 3.25. The zero-order chi connectivity index (χ0) is 21.7. The second kappa shape index (κ2) is 9.14. The van der Waals surface area contributed by atoms with Gasteiger partial charge in [-0.1, -0.05) is 0 Å². The topological polar surface area (TPSA) is 87.7 Å². The molecule has 1 N–H and O–H groups in total. The molecule has 0 radical (unpaired) electrons. The molecule has 2 aromatic rings.